The minimum atomic E-state index is 1.25. The summed E-state index contributed by atoms with van der Waals surface area (Å²) in [5.74, 6) is 0. The zero-order valence-electron chi connectivity index (χ0n) is 20.1. The van der Waals surface area contributed by atoms with E-state index in [1.54, 1.807) is 0 Å². The van der Waals surface area contributed by atoms with Crippen molar-refractivity contribution in [2.24, 2.45) is 0 Å². The van der Waals surface area contributed by atoms with Crippen LogP contribution in [0.15, 0.2) is 133 Å². The summed E-state index contributed by atoms with van der Waals surface area (Å²) in [7, 11) is 0. The van der Waals surface area contributed by atoms with Gasteiger partial charge in [0.25, 0.3) is 0 Å². The van der Waals surface area contributed by atoms with Crippen LogP contribution >= 0.6 is 11.3 Å². The third-order valence-corrected chi connectivity index (χ3v) is 8.80. The molecule has 8 rings (SSSR count). The molecule has 7 aromatic carbocycles. The third-order valence-electron chi connectivity index (χ3n) is 7.65. The van der Waals surface area contributed by atoms with E-state index >= 15 is 0 Å². The molecule has 0 radical (unpaired) electrons. The van der Waals surface area contributed by atoms with Crippen LogP contribution in [0.4, 0.5) is 0 Å². The normalized spacial score (nSPS) is 11.8. The van der Waals surface area contributed by atoms with Crippen LogP contribution in [0.3, 0.4) is 0 Å². The molecule has 0 saturated heterocycles. The molecule has 0 fully saturated rings. The highest BCUT2D eigenvalue weighted by Crippen LogP contribution is 2.40. The van der Waals surface area contributed by atoms with E-state index in [-0.39, 0.29) is 0 Å². The van der Waals surface area contributed by atoms with Gasteiger partial charge in [0.15, 0.2) is 0 Å². The van der Waals surface area contributed by atoms with E-state index in [1.165, 1.54) is 74.7 Å². The Labute approximate surface area is 219 Å². The first-order valence-electron chi connectivity index (χ1n) is 12.7. The summed E-state index contributed by atoms with van der Waals surface area (Å²) < 4.78 is 2.68. The number of hydrogen-bond donors (Lipinski definition) is 0. The summed E-state index contributed by atoms with van der Waals surface area (Å²) in [5.41, 5.74) is 5.04. The van der Waals surface area contributed by atoms with Crippen LogP contribution in [0.2, 0.25) is 0 Å². The van der Waals surface area contributed by atoms with Crippen LogP contribution in [0.5, 0.6) is 0 Å². The number of benzene rings is 7. The predicted molar refractivity (Wildman–Crippen MR) is 163 cm³/mol. The van der Waals surface area contributed by atoms with Crippen LogP contribution < -0.4 is 0 Å². The zero-order valence-corrected chi connectivity index (χ0v) is 20.9. The van der Waals surface area contributed by atoms with Gasteiger partial charge < -0.3 is 0 Å². The van der Waals surface area contributed by atoms with Crippen molar-refractivity contribution >= 4 is 63.8 Å². The second kappa shape index (κ2) is 8.03. The van der Waals surface area contributed by atoms with Gasteiger partial charge >= 0.3 is 0 Å². The Morgan fingerprint density at radius 1 is 0.351 bits per heavy atom. The van der Waals surface area contributed by atoms with Crippen molar-refractivity contribution in [1.29, 1.82) is 0 Å². The van der Waals surface area contributed by atoms with Gasteiger partial charge in [0.05, 0.1) is 0 Å². The van der Waals surface area contributed by atoms with Crippen LogP contribution in [0, 0.1) is 0 Å². The summed E-state index contributed by atoms with van der Waals surface area (Å²) in [6, 6.07) is 49.1. The van der Waals surface area contributed by atoms with Crippen LogP contribution in [0.25, 0.3) is 74.7 Å². The van der Waals surface area contributed by atoms with Gasteiger partial charge in [0, 0.05) is 20.2 Å². The average Bonchev–Trinajstić information content (AvgIpc) is 3.34. The van der Waals surface area contributed by atoms with Gasteiger partial charge in [-0.2, -0.15) is 0 Å². The predicted octanol–water partition coefficient (Wildman–Crippen LogP) is 10.8. The van der Waals surface area contributed by atoms with Crippen molar-refractivity contribution in [3.05, 3.63) is 133 Å². The lowest BCUT2D eigenvalue weighted by atomic mass is 9.90. The van der Waals surface area contributed by atoms with E-state index < -0.39 is 0 Å². The first-order valence-corrected chi connectivity index (χ1v) is 13.5. The molecule has 0 aliphatic carbocycles. The molecule has 0 atom stereocenters. The van der Waals surface area contributed by atoms with Gasteiger partial charge in [0.2, 0.25) is 0 Å². The molecule has 0 N–H and O–H groups in total. The Hall–Kier alpha value is -4.46. The van der Waals surface area contributed by atoms with Gasteiger partial charge in [0.1, 0.15) is 0 Å². The van der Waals surface area contributed by atoms with Gasteiger partial charge in [-0.25, -0.2) is 0 Å². The molecule has 0 nitrogen and oxygen atoms in total. The van der Waals surface area contributed by atoms with Crippen molar-refractivity contribution in [3.8, 4) is 22.3 Å². The topological polar surface area (TPSA) is 0 Å². The molecule has 8 aromatic rings. The van der Waals surface area contributed by atoms with E-state index in [4.69, 9.17) is 0 Å². The molecule has 37 heavy (non-hydrogen) atoms. The lowest BCUT2D eigenvalue weighted by Gasteiger charge is -2.13. The minimum absolute atomic E-state index is 1.25. The highest BCUT2D eigenvalue weighted by atomic mass is 32.1. The van der Waals surface area contributed by atoms with E-state index in [9.17, 15) is 0 Å². The highest BCUT2D eigenvalue weighted by molar-refractivity contribution is 7.25. The first kappa shape index (κ1) is 20.7. The van der Waals surface area contributed by atoms with Crippen molar-refractivity contribution in [2.45, 2.75) is 0 Å². The largest absolute Gasteiger partial charge is 0.135 e. The number of thiophene rings is 1. The van der Waals surface area contributed by atoms with Crippen LogP contribution in [-0.2, 0) is 0 Å². The standard InChI is InChI=1S/C36H22S/c1-2-10-30-23(7-1)13-16-25-17-14-24-15-18-26(21-32(24)36(25)30)28-8-3-4-9-29(28)27-19-20-35-33(22-27)31-11-5-6-12-34(31)37-35/h1-22H. The Morgan fingerprint density at radius 2 is 0.892 bits per heavy atom. The van der Waals surface area contributed by atoms with Crippen molar-refractivity contribution in [1.82, 2.24) is 0 Å². The highest BCUT2D eigenvalue weighted by Gasteiger charge is 2.12. The molecule has 0 aliphatic rings. The molecular formula is C36H22S. The first-order chi connectivity index (χ1) is 18.3. The summed E-state index contributed by atoms with van der Waals surface area (Å²) in [6.45, 7) is 0. The maximum Gasteiger partial charge on any atom is 0.0355 e. The lowest BCUT2D eigenvalue weighted by Crippen LogP contribution is -1.87. The van der Waals surface area contributed by atoms with Crippen LogP contribution in [0.1, 0.15) is 0 Å². The molecule has 172 valence electrons. The molecule has 0 unspecified atom stereocenters. The SMILES string of the molecule is c1ccc(-c2ccc3ccc4ccc5ccccc5c4c3c2)c(-c2ccc3sc4ccccc4c3c2)c1. The maximum atomic E-state index is 2.39. The monoisotopic (exact) mass is 486 g/mol. The fraction of sp³-hybridized carbons (Fsp3) is 0. The fourth-order valence-electron chi connectivity index (χ4n) is 5.87. The molecule has 0 bridgehead atoms. The van der Waals surface area contributed by atoms with Gasteiger partial charge in [-0.05, 0) is 78.8 Å². The molecule has 0 aliphatic heterocycles. The summed E-state index contributed by atoms with van der Waals surface area (Å²) in [6.07, 6.45) is 0. The maximum absolute atomic E-state index is 2.39. The average molecular weight is 487 g/mol. The van der Waals surface area contributed by atoms with E-state index in [0.29, 0.717) is 0 Å². The summed E-state index contributed by atoms with van der Waals surface area (Å²) >= 11 is 1.87. The summed E-state index contributed by atoms with van der Waals surface area (Å²) in [5, 5.41) is 10.5. The van der Waals surface area contributed by atoms with Gasteiger partial charge in [-0.1, -0.05) is 109 Å². The molecule has 1 heterocycles. The lowest BCUT2D eigenvalue weighted by molar-refractivity contribution is 1.62. The third kappa shape index (κ3) is 3.21. The Morgan fingerprint density at radius 3 is 1.70 bits per heavy atom. The van der Waals surface area contributed by atoms with Gasteiger partial charge in [-0.3, -0.25) is 0 Å². The van der Waals surface area contributed by atoms with E-state index in [1.807, 2.05) is 11.3 Å². The van der Waals surface area contributed by atoms with Crippen molar-refractivity contribution in [2.75, 3.05) is 0 Å². The Balaban J connectivity index is 1.37. The molecule has 1 aromatic heterocycles. The number of hydrogen-bond acceptors (Lipinski definition) is 1. The molecule has 1 heteroatoms. The smallest absolute Gasteiger partial charge is 0.0355 e. The molecular weight excluding hydrogens is 464 g/mol. The number of fused-ring (bicyclic) bond motifs is 8. The zero-order chi connectivity index (χ0) is 24.3. The Kier molecular flexibility index (Phi) is 4.49. The fourth-order valence-corrected chi connectivity index (χ4v) is 6.96. The van der Waals surface area contributed by atoms with Crippen LogP contribution in [-0.4, -0.2) is 0 Å². The number of rotatable bonds is 2. The van der Waals surface area contributed by atoms with Crippen molar-refractivity contribution < 1.29 is 0 Å². The Bertz CT molecular complexity index is 2140. The van der Waals surface area contributed by atoms with E-state index in [2.05, 4.69) is 133 Å². The quantitative estimate of drug-likeness (QED) is 0.213. The second-order valence-electron chi connectivity index (χ2n) is 9.74. The van der Waals surface area contributed by atoms with Crippen molar-refractivity contribution in [3.63, 3.8) is 0 Å². The summed E-state index contributed by atoms with van der Waals surface area (Å²) in [4.78, 5) is 0. The van der Waals surface area contributed by atoms with Gasteiger partial charge in [-0.15, -0.1) is 11.3 Å². The molecule has 0 amide bonds. The van der Waals surface area contributed by atoms with E-state index in [0.717, 1.165) is 0 Å². The molecule has 0 spiro atoms. The second-order valence-corrected chi connectivity index (χ2v) is 10.8. The minimum Gasteiger partial charge on any atom is -0.135 e. The molecule has 0 saturated carbocycles.